The molecule has 0 aliphatic carbocycles. The second-order valence-electron chi connectivity index (χ2n) is 8.17. The molecule has 0 aliphatic heterocycles. The molecule has 0 heterocycles. The number of benzene rings is 3. The summed E-state index contributed by atoms with van der Waals surface area (Å²) >= 11 is 0. The Hall–Kier alpha value is -4.13. The fourth-order valence-corrected chi connectivity index (χ4v) is 3.92. The van der Waals surface area contributed by atoms with E-state index in [-0.39, 0.29) is 24.9 Å². The minimum atomic E-state index is -0.611. The van der Waals surface area contributed by atoms with E-state index in [1.54, 1.807) is 36.1 Å². The number of esters is 1. The number of hydrogen-bond donors (Lipinski definition) is 3. The van der Waals surface area contributed by atoms with E-state index >= 15 is 0 Å². The van der Waals surface area contributed by atoms with E-state index < -0.39 is 12.0 Å². The van der Waals surface area contributed by atoms with Gasteiger partial charge < -0.3 is 20.7 Å². The second kappa shape index (κ2) is 12.4. The van der Waals surface area contributed by atoms with Crippen molar-refractivity contribution < 1.29 is 14.3 Å². The number of carbonyl (C=O) groups excluding carboxylic acids is 2. The third-order valence-electron chi connectivity index (χ3n) is 5.63. The highest BCUT2D eigenvalue weighted by atomic mass is 16.5. The average molecular weight is 473 g/mol. The molecule has 4 N–H and O–H groups in total. The number of carbonyl (C=O) groups is 2. The number of nitrogens with two attached hydrogens (primary N) is 1. The Morgan fingerprint density at radius 2 is 1.66 bits per heavy atom. The first-order valence-electron chi connectivity index (χ1n) is 11.7. The Morgan fingerprint density at radius 1 is 0.971 bits per heavy atom. The summed E-state index contributed by atoms with van der Waals surface area (Å²) in [5, 5.41) is 10.6. The van der Waals surface area contributed by atoms with Gasteiger partial charge in [0, 0.05) is 16.9 Å². The van der Waals surface area contributed by atoms with Crippen LogP contribution >= 0.6 is 0 Å². The van der Waals surface area contributed by atoms with Crippen LogP contribution in [-0.4, -0.2) is 36.9 Å². The van der Waals surface area contributed by atoms with Crippen molar-refractivity contribution in [1.29, 1.82) is 5.41 Å². The van der Waals surface area contributed by atoms with Gasteiger partial charge in [0.25, 0.3) is 0 Å². The van der Waals surface area contributed by atoms with Gasteiger partial charge in [0.1, 0.15) is 18.4 Å². The van der Waals surface area contributed by atoms with Gasteiger partial charge in [-0.15, -0.1) is 0 Å². The molecule has 3 aromatic rings. The van der Waals surface area contributed by atoms with Crippen LogP contribution in [0.25, 0.3) is 0 Å². The van der Waals surface area contributed by atoms with Crippen molar-refractivity contribution in [3.63, 3.8) is 0 Å². The predicted octanol–water partition coefficient (Wildman–Crippen LogP) is 4.35. The Bertz CT molecular complexity index is 1150. The first-order chi connectivity index (χ1) is 16.9. The van der Waals surface area contributed by atoms with Gasteiger partial charge in [-0.25, -0.2) is 0 Å². The molecule has 7 nitrogen and oxygen atoms in total. The average Bonchev–Trinajstić information content (AvgIpc) is 2.85. The SMILES string of the molecule is CCOC(=O)CN(c1ccc(C(=N)N)cc1)C(CC)C(=O)Nc1cccc(Cc2ccccc2)c1. The number of amidine groups is 1. The third-order valence-corrected chi connectivity index (χ3v) is 5.63. The molecule has 0 fully saturated rings. The predicted molar refractivity (Wildman–Crippen MR) is 140 cm³/mol. The van der Waals surface area contributed by atoms with Crippen LogP contribution < -0.4 is 16.0 Å². The molecule has 182 valence electrons. The molecule has 1 amide bonds. The zero-order valence-corrected chi connectivity index (χ0v) is 20.2. The van der Waals surface area contributed by atoms with Gasteiger partial charge in [0.05, 0.1) is 6.61 Å². The fraction of sp³-hybridized carbons (Fsp3) is 0.250. The number of amides is 1. The fourth-order valence-electron chi connectivity index (χ4n) is 3.92. The number of ether oxygens (including phenoxy) is 1. The van der Waals surface area contributed by atoms with Crippen LogP contribution in [0, 0.1) is 5.41 Å². The quantitative estimate of drug-likeness (QED) is 0.218. The summed E-state index contributed by atoms with van der Waals surface area (Å²) in [5.41, 5.74) is 9.79. The Kier molecular flexibility index (Phi) is 9.01. The van der Waals surface area contributed by atoms with Gasteiger partial charge in [-0.2, -0.15) is 0 Å². The lowest BCUT2D eigenvalue weighted by Crippen LogP contribution is -2.46. The van der Waals surface area contributed by atoms with E-state index in [1.165, 1.54) is 5.56 Å². The number of nitrogens with one attached hydrogen (secondary N) is 2. The molecule has 1 unspecified atom stereocenters. The van der Waals surface area contributed by atoms with E-state index in [0.29, 0.717) is 23.4 Å². The molecule has 0 aliphatic rings. The zero-order valence-electron chi connectivity index (χ0n) is 20.2. The van der Waals surface area contributed by atoms with E-state index in [4.69, 9.17) is 15.9 Å². The van der Waals surface area contributed by atoms with Crippen LogP contribution in [0.15, 0.2) is 78.9 Å². The van der Waals surface area contributed by atoms with Gasteiger partial charge in [0.2, 0.25) is 5.91 Å². The number of hydrogen-bond acceptors (Lipinski definition) is 5. The maximum Gasteiger partial charge on any atom is 0.325 e. The Balaban J connectivity index is 1.81. The van der Waals surface area contributed by atoms with Crippen molar-refractivity contribution in [2.75, 3.05) is 23.4 Å². The summed E-state index contributed by atoms with van der Waals surface area (Å²) in [6.07, 6.45) is 1.24. The summed E-state index contributed by atoms with van der Waals surface area (Å²) in [5.74, 6) is -0.683. The molecular weight excluding hydrogens is 440 g/mol. The number of rotatable bonds is 11. The van der Waals surface area contributed by atoms with Gasteiger partial charge in [-0.3, -0.25) is 15.0 Å². The smallest absolute Gasteiger partial charge is 0.325 e. The van der Waals surface area contributed by atoms with E-state index in [9.17, 15) is 9.59 Å². The highest BCUT2D eigenvalue weighted by Crippen LogP contribution is 2.22. The van der Waals surface area contributed by atoms with Gasteiger partial charge in [-0.05, 0) is 67.3 Å². The summed E-state index contributed by atoms with van der Waals surface area (Å²) in [6.45, 7) is 3.83. The lowest BCUT2D eigenvalue weighted by Gasteiger charge is -2.31. The van der Waals surface area contributed by atoms with Crippen molar-refractivity contribution in [3.05, 3.63) is 95.6 Å². The summed E-state index contributed by atoms with van der Waals surface area (Å²) < 4.78 is 5.15. The molecule has 0 bridgehead atoms. The molecule has 1 atom stereocenters. The Morgan fingerprint density at radius 3 is 2.29 bits per heavy atom. The number of anilines is 2. The maximum atomic E-state index is 13.4. The van der Waals surface area contributed by atoms with Gasteiger partial charge >= 0.3 is 5.97 Å². The van der Waals surface area contributed by atoms with Crippen molar-refractivity contribution in [1.82, 2.24) is 0 Å². The Labute approximate surface area is 206 Å². The normalized spacial score (nSPS) is 11.4. The standard InChI is InChI=1S/C28H32N4O3/c1-3-25(32(19-26(33)35-4-2)24-15-13-22(14-16-24)27(29)30)28(34)31-23-12-8-11-21(18-23)17-20-9-6-5-7-10-20/h5-16,18,25H,3-4,17,19H2,1-2H3,(H3,29,30)(H,31,34). The molecule has 3 rings (SSSR count). The van der Waals surface area contributed by atoms with E-state index in [0.717, 1.165) is 12.0 Å². The van der Waals surface area contributed by atoms with Crippen LogP contribution in [0.1, 0.15) is 37.0 Å². The highest BCUT2D eigenvalue weighted by molar-refractivity contribution is 5.98. The molecule has 0 spiro atoms. The van der Waals surface area contributed by atoms with Gasteiger partial charge in [-0.1, -0.05) is 49.4 Å². The van der Waals surface area contributed by atoms with E-state index in [2.05, 4.69) is 17.4 Å². The monoisotopic (exact) mass is 472 g/mol. The van der Waals surface area contributed by atoms with Crippen LogP contribution in [0.3, 0.4) is 0 Å². The third kappa shape index (κ3) is 7.17. The van der Waals surface area contributed by atoms with Crippen molar-refractivity contribution in [2.24, 2.45) is 5.73 Å². The molecule has 0 aromatic heterocycles. The zero-order chi connectivity index (χ0) is 25.2. The topological polar surface area (TPSA) is 109 Å². The summed E-state index contributed by atoms with van der Waals surface area (Å²) in [7, 11) is 0. The molecule has 0 saturated carbocycles. The van der Waals surface area contributed by atoms with Crippen molar-refractivity contribution in [2.45, 2.75) is 32.7 Å². The maximum absolute atomic E-state index is 13.4. The first-order valence-corrected chi connectivity index (χ1v) is 11.7. The lowest BCUT2D eigenvalue weighted by molar-refractivity contribution is -0.141. The van der Waals surface area contributed by atoms with Gasteiger partial charge in [0.15, 0.2) is 0 Å². The molecular formula is C28H32N4O3. The number of nitrogen functional groups attached to an aromatic ring is 1. The lowest BCUT2D eigenvalue weighted by atomic mass is 10.0. The van der Waals surface area contributed by atoms with Crippen molar-refractivity contribution >= 4 is 29.1 Å². The molecule has 0 saturated heterocycles. The minimum Gasteiger partial charge on any atom is -0.465 e. The second-order valence-corrected chi connectivity index (χ2v) is 8.17. The largest absolute Gasteiger partial charge is 0.465 e. The number of nitrogens with zero attached hydrogens (tertiary/aromatic N) is 1. The van der Waals surface area contributed by atoms with Crippen LogP contribution in [0.2, 0.25) is 0 Å². The van der Waals surface area contributed by atoms with E-state index in [1.807, 2.05) is 49.4 Å². The summed E-state index contributed by atoms with van der Waals surface area (Å²) in [4.78, 5) is 27.5. The first kappa shape index (κ1) is 25.5. The molecule has 0 radical (unpaired) electrons. The van der Waals surface area contributed by atoms with Crippen LogP contribution in [-0.2, 0) is 20.7 Å². The minimum absolute atomic E-state index is 0.0475. The summed E-state index contributed by atoms with van der Waals surface area (Å²) in [6, 6.07) is 24.2. The van der Waals surface area contributed by atoms with Crippen LogP contribution in [0.5, 0.6) is 0 Å². The highest BCUT2D eigenvalue weighted by Gasteiger charge is 2.27. The molecule has 3 aromatic carbocycles. The van der Waals surface area contributed by atoms with Crippen molar-refractivity contribution in [3.8, 4) is 0 Å². The molecule has 7 heteroatoms. The van der Waals surface area contributed by atoms with Crippen LogP contribution in [0.4, 0.5) is 11.4 Å². The molecule has 35 heavy (non-hydrogen) atoms.